The summed E-state index contributed by atoms with van der Waals surface area (Å²) in [5.41, 5.74) is 2.58. The molecule has 2 aromatic carbocycles. The number of rotatable bonds is 3. The second-order valence-corrected chi connectivity index (χ2v) is 8.91. The number of anilines is 1. The molecule has 0 aliphatic carbocycles. The molecule has 0 saturated carbocycles. The van der Waals surface area contributed by atoms with Crippen molar-refractivity contribution in [1.82, 2.24) is 9.21 Å². The third-order valence-electron chi connectivity index (χ3n) is 4.35. The molecule has 1 heterocycles. The van der Waals surface area contributed by atoms with E-state index in [9.17, 15) is 13.2 Å². The van der Waals surface area contributed by atoms with E-state index < -0.39 is 10.0 Å². The molecule has 0 aromatic heterocycles. The molecule has 26 heavy (non-hydrogen) atoms. The quantitative estimate of drug-likeness (QED) is 0.870. The first-order valence-electron chi connectivity index (χ1n) is 8.13. The van der Waals surface area contributed by atoms with Crippen molar-refractivity contribution >= 4 is 33.3 Å². The highest BCUT2D eigenvalue weighted by Crippen LogP contribution is 2.24. The van der Waals surface area contributed by atoms with E-state index in [2.05, 4.69) is 5.32 Å². The minimum atomic E-state index is -3.50. The summed E-state index contributed by atoms with van der Waals surface area (Å²) in [7, 11) is -0.498. The number of benzene rings is 2. The summed E-state index contributed by atoms with van der Waals surface area (Å²) in [5.74, 6) is 0. The Hall–Kier alpha value is -2.09. The van der Waals surface area contributed by atoms with Crippen LogP contribution in [-0.2, 0) is 23.0 Å². The minimum absolute atomic E-state index is 0.223. The lowest BCUT2D eigenvalue weighted by Crippen LogP contribution is -2.39. The van der Waals surface area contributed by atoms with Gasteiger partial charge in [-0.15, -0.1) is 0 Å². The number of hydrogen-bond acceptors (Lipinski definition) is 3. The zero-order valence-electron chi connectivity index (χ0n) is 14.6. The van der Waals surface area contributed by atoms with Gasteiger partial charge in [0.15, 0.2) is 0 Å². The molecule has 0 fully saturated rings. The fourth-order valence-electron chi connectivity index (χ4n) is 2.81. The highest BCUT2D eigenvalue weighted by atomic mass is 35.5. The Bertz CT molecular complexity index is 927. The van der Waals surface area contributed by atoms with Crippen LogP contribution in [0.3, 0.4) is 0 Å². The van der Waals surface area contributed by atoms with Gasteiger partial charge < -0.3 is 10.2 Å². The highest BCUT2D eigenvalue weighted by molar-refractivity contribution is 7.89. The normalized spacial score (nSPS) is 14.2. The lowest BCUT2D eigenvalue weighted by molar-refractivity contribution is 0.206. The maximum atomic E-state index is 12.5. The standard InChI is InChI=1S/C18H20ClN3O3S/c1-21(2)26(24,25)17-8-3-13-9-10-22(12-14(13)11-17)18(23)20-16-6-4-15(19)5-7-16/h3-8,11H,9-10,12H2,1-2H3,(H,20,23). The SMILES string of the molecule is CN(C)S(=O)(=O)c1ccc2c(c1)CN(C(=O)Nc1ccc(Cl)cc1)CC2. The number of sulfonamides is 1. The molecule has 6 nitrogen and oxygen atoms in total. The summed E-state index contributed by atoms with van der Waals surface area (Å²) in [6, 6.07) is 11.8. The zero-order valence-corrected chi connectivity index (χ0v) is 16.1. The second kappa shape index (κ2) is 7.26. The van der Waals surface area contributed by atoms with Crippen molar-refractivity contribution in [3.63, 3.8) is 0 Å². The first-order valence-corrected chi connectivity index (χ1v) is 9.95. The first kappa shape index (κ1) is 18.7. The molecular formula is C18H20ClN3O3S. The van der Waals surface area contributed by atoms with Crippen molar-refractivity contribution in [3.05, 3.63) is 58.6 Å². The van der Waals surface area contributed by atoms with Crippen molar-refractivity contribution in [2.45, 2.75) is 17.9 Å². The zero-order chi connectivity index (χ0) is 18.9. The number of nitrogens with one attached hydrogen (secondary N) is 1. The van der Waals surface area contributed by atoms with Gasteiger partial charge in [0.25, 0.3) is 0 Å². The predicted octanol–water partition coefficient (Wildman–Crippen LogP) is 3.18. The van der Waals surface area contributed by atoms with E-state index in [4.69, 9.17) is 11.6 Å². The van der Waals surface area contributed by atoms with Crippen molar-refractivity contribution < 1.29 is 13.2 Å². The van der Waals surface area contributed by atoms with Crippen molar-refractivity contribution in [2.24, 2.45) is 0 Å². The smallest absolute Gasteiger partial charge is 0.320 e. The van der Waals surface area contributed by atoms with Crippen LogP contribution in [0.4, 0.5) is 10.5 Å². The van der Waals surface area contributed by atoms with Gasteiger partial charge in [-0.05, 0) is 53.9 Å². The van der Waals surface area contributed by atoms with E-state index in [-0.39, 0.29) is 10.9 Å². The van der Waals surface area contributed by atoms with Gasteiger partial charge in [-0.3, -0.25) is 0 Å². The molecule has 0 atom stereocenters. The maximum Gasteiger partial charge on any atom is 0.322 e. The minimum Gasteiger partial charge on any atom is -0.320 e. The molecule has 0 saturated heterocycles. The van der Waals surface area contributed by atoms with Gasteiger partial charge in [0.2, 0.25) is 10.0 Å². The third kappa shape index (κ3) is 3.85. The average molecular weight is 394 g/mol. The van der Waals surface area contributed by atoms with Crippen LogP contribution < -0.4 is 5.32 Å². The van der Waals surface area contributed by atoms with Crippen molar-refractivity contribution in [2.75, 3.05) is 26.0 Å². The molecule has 0 spiro atoms. The van der Waals surface area contributed by atoms with Crippen LogP contribution >= 0.6 is 11.6 Å². The topological polar surface area (TPSA) is 69.7 Å². The first-order chi connectivity index (χ1) is 12.3. The number of nitrogens with zero attached hydrogens (tertiary/aromatic N) is 2. The molecule has 8 heteroatoms. The maximum absolute atomic E-state index is 12.5. The third-order valence-corrected chi connectivity index (χ3v) is 6.41. The number of halogens is 1. The Balaban J connectivity index is 1.78. The van der Waals surface area contributed by atoms with E-state index in [1.165, 1.54) is 18.4 Å². The molecule has 0 bridgehead atoms. The van der Waals surface area contributed by atoms with Crippen molar-refractivity contribution in [1.29, 1.82) is 0 Å². The molecule has 1 aliphatic rings. The van der Waals surface area contributed by atoms with Crippen LogP contribution in [0.25, 0.3) is 0 Å². The number of carbonyl (C=O) groups excluding carboxylic acids is 1. The number of fused-ring (bicyclic) bond motifs is 1. The number of carbonyl (C=O) groups is 1. The fraction of sp³-hybridized carbons (Fsp3) is 0.278. The van der Waals surface area contributed by atoms with Gasteiger partial charge in [-0.25, -0.2) is 17.5 Å². The van der Waals surface area contributed by atoms with Crippen molar-refractivity contribution in [3.8, 4) is 0 Å². The lowest BCUT2D eigenvalue weighted by Gasteiger charge is -2.29. The van der Waals surface area contributed by atoms with Crippen LogP contribution in [0.1, 0.15) is 11.1 Å². The summed E-state index contributed by atoms with van der Waals surface area (Å²) >= 11 is 5.85. The number of amides is 2. The molecule has 138 valence electrons. The Kier molecular flexibility index (Phi) is 5.22. The summed E-state index contributed by atoms with van der Waals surface area (Å²) < 4.78 is 25.8. The summed E-state index contributed by atoms with van der Waals surface area (Å²) in [5, 5.41) is 3.44. The summed E-state index contributed by atoms with van der Waals surface area (Å²) in [6.07, 6.45) is 0.686. The molecule has 1 aliphatic heterocycles. The lowest BCUT2D eigenvalue weighted by atomic mass is 10.0. The Morgan fingerprint density at radius 3 is 2.46 bits per heavy atom. The van der Waals surface area contributed by atoms with E-state index >= 15 is 0 Å². The average Bonchev–Trinajstić information content (AvgIpc) is 2.62. The van der Waals surface area contributed by atoms with E-state index in [0.717, 1.165) is 11.1 Å². The molecular weight excluding hydrogens is 374 g/mol. The van der Waals surface area contributed by atoms with Crippen LogP contribution in [0.5, 0.6) is 0 Å². The van der Waals surface area contributed by atoms with Gasteiger partial charge in [0.05, 0.1) is 4.90 Å². The number of hydrogen-bond donors (Lipinski definition) is 1. The van der Waals surface area contributed by atoms with Gasteiger partial charge in [-0.1, -0.05) is 17.7 Å². The second-order valence-electron chi connectivity index (χ2n) is 6.33. The molecule has 0 unspecified atom stereocenters. The van der Waals surface area contributed by atoms with Gasteiger partial charge in [0.1, 0.15) is 0 Å². The monoisotopic (exact) mass is 393 g/mol. The van der Waals surface area contributed by atoms with Gasteiger partial charge >= 0.3 is 6.03 Å². The molecule has 0 radical (unpaired) electrons. The summed E-state index contributed by atoms with van der Waals surface area (Å²) in [4.78, 5) is 14.4. The van der Waals surface area contributed by atoms with Gasteiger partial charge in [-0.2, -0.15) is 0 Å². The highest BCUT2D eigenvalue weighted by Gasteiger charge is 2.24. The Morgan fingerprint density at radius 2 is 1.81 bits per heavy atom. The number of urea groups is 1. The predicted molar refractivity (Wildman–Crippen MR) is 102 cm³/mol. The Labute approximate surface area is 158 Å². The van der Waals surface area contributed by atoms with Crippen LogP contribution in [0, 0.1) is 0 Å². The van der Waals surface area contributed by atoms with Gasteiger partial charge in [0, 0.05) is 37.9 Å². The van der Waals surface area contributed by atoms with E-state index in [0.29, 0.717) is 30.2 Å². The van der Waals surface area contributed by atoms with Crippen LogP contribution in [-0.4, -0.2) is 44.3 Å². The Morgan fingerprint density at radius 1 is 1.12 bits per heavy atom. The van der Waals surface area contributed by atoms with Crippen LogP contribution in [0.2, 0.25) is 5.02 Å². The summed E-state index contributed by atoms with van der Waals surface area (Å²) in [6.45, 7) is 0.942. The molecule has 1 N–H and O–H groups in total. The largest absolute Gasteiger partial charge is 0.322 e. The fourth-order valence-corrected chi connectivity index (χ4v) is 3.89. The molecule has 2 aromatic rings. The van der Waals surface area contributed by atoms with Crippen LogP contribution in [0.15, 0.2) is 47.4 Å². The van der Waals surface area contributed by atoms with E-state index in [1.54, 1.807) is 41.3 Å². The van der Waals surface area contributed by atoms with E-state index in [1.807, 2.05) is 6.07 Å². The molecule has 2 amide bonds. The molecule has 3 rings (SSSR count).